The van der Waals surface area contributed by atoms with Crippen LogP contribution in [0.25, 0.3) is 0 Å². The van der Waals surface area contributed by atoms with Crippen LogP contribution in [-0.4, -0.2) is 41.0 Å². The third kappa shape index (κ3) is 7.57. The number of nitrogens with one attached hydrogen (secondary N) is 2. The number of rotatable bonds is 8. The van der Waals surface area contributed by atoms with Crippen molar-refractivity contribution in [2.45, 2.75) is 72.2 Å². The van der Waals surface area contributed by atoms with Crippen LogP contribution in [0.1, 0.15) is 62.4 Å². The second kappa shape index (κ2) is 10.9. The molecule has 0 spiro atoms. The maximum absolute atomic E-state index is 13.6. The summed E-state index contributed by atoms with van der Waals surface area (Å²) < 4.78 is 5.28. The molecule has 7 heteroatoms. The standard InChI is InChI=1S/C28H37N3O4/c1-18-12-19(2)14-22(13-18)25(26(33)29-16-21-10-8-7-9-11-21)31(23-15-20(23)3)24(32)17-30-27(34)35-28(4,5)6/h7-14,20,23,25H,15-17H2,1-6H3,(H,29,33)(H,30,34). The SMILES string of the molecule is Cc1cc(C)cc(C(C(=O)NCc2ccccc2)N(C(=O)CNC(=O)OC(C)(C)C)C2CC2C)c1. The topological polar surface area (TPSA) is 87.7 Å². The van der Waals surface area contributed by atoms with Gasteiger partial charge in [0.2, 0.25) is 11.8 Å². The van der Waals surface area contributed by atoms with E-state index in [4.69, 9.17) is 4.74 Å². The van der Waals surface area contributed by atoms with E-state index >= 15 is 0 Å². The molecule has 7 nitrogen and oxygen atoms in total. The predicted octanol–water partition coefficient (Wildman–Crippen LogP) is 4.42. The highest BCUT2D eigenvalue weighted by Crippen LogP contribution is 2.40. The summed E-state index contributed by atoms with van der Waals surface area (Å²) >= 11 is 0. The van der Waals surface area contributed by atoms with Crippen molar-refractivity contribution in [3.05, 3.63) is 70.8 Å². The zero-order valence-corrected chi connectivity index (χ0v) is 21.6. The van der Waals surface area contributed by atoms with Gasteiger partial charge in [-0.2, -0.15) is 0 Å². The van der Waals surface area contributed by atoms with Gasteiger partial charge in [-0.05, 0) is 58.1 Å². The highest BCUT2D eigenvalue weighted by atomic mass is 16.6. The van der Waals surface area contributed by atoms with Gasteiger partial charge < -0.3 is 20.3 Å². The Hall–Kier alpha value is -3.35. The van der Waals surface area contributed by atoms with Crippen molar-refractivity contribution in [3.8, 4) is 0 Å². The van der Waals surface area contributed by atoms with Crippen LogP contribution in [0.4, 0.5) is 4.79 Å². The van der Waals surface area contributed by atoms with E-state index in [1.165, 1.54) is 0 Å². The van der Waals surface area contributed by atoms with Crippen LogP contribution in [0.5, 0.6) is 0 Å². The van der Waals surface area contributed by atoms with Crippen LogP contribution >= 0.6 is 0 Å². The number of hydrogen-bond donors (Lipinski definition) is 2. The summed E-state index contributed by atoms with van der Waals surface area (Å²) in [5.41, 5.74) is 3.10. The monoisotopic (exact) mass is 479 g/mol. The van der Waals surface area contributed by atoms with Crippen LogP contribution in [0.2, 0.25) is 0 Å². The third-order valence-corrected chi connectivity index (χ3v) is 5.89. The average molecular weight is 480 g/mol. The summed E-state index contributed by atoms with van der Waals surface area (Å²) in [6.07, 6.45) is 0.150. The predicted molar refractivity (Wildman–Crippen MR) is 136 cm³/mol. The molecule has 3 unspecified atom stereocenters. The number of amides is 3. The molecule has 1 aliphatic carbocycles. The number of carbonyl (C=O) groups excluding carboxylic acids is 3. The first kappa shape index (κ1) is 26.3. The van der Waals surface area contributed by atoms with E-state index in [2.05, 4.69) is 17.6 Å². The summed E-state index contributed by atoms with van der Waals surface area (Å²) in [7, 11) is 0. The first-order chi connectivity index (χ1) is 16.4. The molecule has 2 aromatic rings. The Labute approximate surface area is 208 Å². The molecule has 0 aromatic heterocycles. The van der Waals surface area contributed by atoms with E-state index in [0.717, 1.165) is 28.7 Å². The second-order valence-corrected chi connectivity index (χ2v) is 10.5. The van der Waals surface area contributed by atoms with Gasteiger partial charge in [0.1, 0.15) is 18.2 Å². The average Bonchev–Trinajstić information content (AvgIpc) is 3.48. The molecular formula is C28H37N3O4. The van der Waals surface area contributed by atoms with Gasteiger partial charge in [0.05, 0.1) is 0 Å². The van der Waals surface area contributed by atoms with E-state index < -0.39 is 17.7 Å². The number of hydrogen-bond acceptors (Lipinski definition) is 4. The second-order valence-electron chi connectivity index (χ2n) is 10.5. The van der Waals surface area contributed by atoms with Gasteiger partial charge in [0.25, 0.3) is 0 Å². The molecule has 3 rings (SSSR count). The minimum Gasteiger partial charge on any atom is -0.444 e. The maximum Gasteiger partial charge on any atom is 0.408 e. The molecule has 2 N–H and O–H groups in total. The lowest BCUT2D eigenvalue weighted by molar-refractivity contribution is -0.141. The lowest BCUT2D eigenvalue weighted by Crippen LogP contribution is -2.49. The van der Waals surface area contributed by atoms with Crippen molar-refractivity contribution < 1.29 is 19.1 Å². The number of alkyl carbamates (subject to hydrolysis) is 1. The summed E-state index contributed by atoms with van der Waals surface area (Å²) in [6.45, 7) is 11.4. The Balaban J connectivity index is 1.87. The Morgan fingerprint density at radius 1 is 1.03 bits per heavy atom. The van der Waals surface area contributed by atoms with Gasteiger partial charge in [-0.25, -0.2) is 4.79 Å². The lowest BCUT2D eigenvalue weighted by atomic mass is 9.98. The van der Waals surface area contributed by atoms with Gasteiger partial charge >= 0.3 is 6.09 Å². The number of carbonyl (C=O) groups is 3. The van der Waals surface area contributed by atoms with Crippen molar-refractivity contribution in [2.75, 3.05) is 6.54 Å². The first-order valence-corrected chi connectivity index (χ1v) is 12.1. The third-order valence-electron chi connectivity index (χ3n) is 5.89. The van der Waals surface area contributed by atoms with Crippen molar-refractivity contribution in [2.24, 2.45) is 5.92 Å². The fraction of sp³-hybridized carbons (Fsp3) is 0.464. The smallest absolute Gasteiger partial charge is 0.408 e. The lowest BCUT2D eigenvalue weighted by Gasteiger charge is -2.32. The van der Waals surface area contributed by atoms with Gasteiger partial charge in [-0.3, -0.25) is 9.59 Å². The van der Waals surface area contributed by atoms with Crippen LogP contribution in [0.3, 0.4) is 0 Å². The highest BCUT2D eigenvalue weighted by molar-refractivity contribution is 5.91. The van der Waals surface area contributed by atoms with E-state index in [1.54, 1.807) is 25.7 Å². The fourth-order valence-electron chi connectivity index (χ4n) is 4.25. The molecule has 1 aliphatic rings. The zero-order chi connectivity index (χ0) is 25.8. The number of ether oxygens (including phenoxy) is 1. The molecule has 35 heavy (non-hydrogen) atoms. The minimum absolute atomic E-state index is 0.0729. The normalized spacial score (nSPS) is 17.8. The van der Waals surface area contributed by atoms with Gasteiger partial charge in [-0.15, -0.1) is 0 Å². The Morgan fingerprint density at radius 3 is 2.17 bits per heavy atom. The van der Waals surface area contributed by atoms with Crippen molar-refractivity contribution >= 4 is 17.9 Å². The van der Waals surface area contributed by atoms with Crippen molar-refractivity contribution in [1.29, 1.82) is 0 Å². The molecule has 0 radical (unpaired) electrons. The van der Waals surface area contributed by atoms with E-state index in [9.17, 15) is 14.4 Å². The fourth-order valence-corrected chi connectivity index (χ4v) is 4.25. The molecule has 0 aliphatic heterocycles. The van der Waals surface area contributed by atoms with Crippen molar-refractivity contribution in [3.63, 3.8) is 0 Å². The van der Waals surface area contributed by atoms with E-state index in [1.807, 2.05) is 62.4 Å². The summed E-state index contributed by atoms with van der Waals surface area (Å²) in [6, 6.07) is 14.7. The molecule has 0 heterocycles. The highest BCUT2D eigenvalue weighted by Gasteiger charge is 2.46. The number of aryl methyl sites for hydroxylation is 2. The Morgan fingerprint density at radius 2 is 1.63 bits per heavy atom. The minimum atomic E-state index is -0.805. The summed E-state index contributed by atoms with van der Waals surface area (Å²) in [5, 5.41) is 5.58. The molecule has 0 bridgehead atoms. The van der Waals surface area contributed by atoms with Crippen LogP contribution in [0, 0.1) is 19.8 Å². The molecule has 1 fully saturated rings. The molecule has 0 saturated heterocycles. The first-order valence-electron chi connectivity index (χ1n) is 12.1. The Kier molecular flexibility index (Phi) is 8.20. The molecule has 3 atom stereocenters. The maximum atomic E-state index is 13.6. The number of nitrogens with zero attached hydrogens (tertiary/aromatic N) is 1. The van der Waals surface area contributed by atoms with Gasteiger partial charge in [-0.1, -0.05) is 66.6 Å². The van der Waals surface area contributed by atoms with E-state index in [-0.39, 0.29) is 30.3 Å². The molecule has 3 amide bonds. The molecule has 188 valence electrons. The van der Waals surface area contributed by atoms with E-state index in [0.29, 0.717) is 6.54 Å². The quantitative estimate of drug-likeness (QED) is 0.587. The largest absolute Gasteiger partial charge is 0.444 e. The van der Waals surface area contributed by atoms with Crippen LogP contribution in [0.15, 0.2) is 48.5 Å². The molecule has 2 aromatic carbocycles. The molecular weight excluding hydrogens is 442 g/mol. The van der Waals surface area contributed by atoms with Crippen LogP contribution in [-0.2, 0) is 20.9 Å². The van der Waals surface area contributed by atoms with Crippen LogP contribution < -0.4 is 10.6 Å². The van der Waals surface area contributed by atoms with Gasteiger partial charge in [0, 0.05) is 12.6 Å². The molecule has 1 saturated carbocycles. The summed E-state index contributed by atoms with van der Waals surface area (Å²) in [5.74, 6) is -0.288. The zero-order valence-electron chi connectivity index (χ0n) is 21.6. The van der Waals surface area contributed by atoms with Gasteiger partial charge in [0.15, 0.2) is 0 Å². The van der Waals surface area contributed by atoms with Crippen molar-refractivity contribution in [1.82, 2.24) is 15.5 Å². The number of benzene rings is 2. The Bertz CT molecular complexity index is 1040. The summed E-state index contributed by atoms with van der Waals surface area (Å²) in [4.78, 5) is 40.9.